The second-order valence-electron chi connectivity index (χ2n) is 6.51. The van der Waals surface area contributed by atoms with Crippen molar-refractivity contribution < 1.29 is 14.3 Å². The molecule has 0 aliphatic carbocycles. The Labute approximate surface area is 154 Å². The fourth-order valence-corrected chi connectivity index (χ4v) is 3.54. The summed E-state index contributed by atoms with van der Waals surface area (Å²) in [5.74, 6) is 1.54. The van der Waals surface area contributed by atoms with Crippen molar-refractivity contribution in [3.8, 4) is 5.75 Å². The van der Waals surface area contributed by atoms with E-state index in [2.05, 4.69) is 5.32 Å². The predicted molar refractivity (Wildman–Crippen MR) is 101 cm³/mol. The standard InChI is InChI=1S/C19H28N2O3S/c1-4-24-16-5-7-17(8-6-16)25-13-18(22)20-15-9-11-21(12-10-15)19(23)14(2)3/h5-8,14-15H,4,9-13H2,1-3H3,(H,20,22). The van der Waals surface area contributed by atoms with Gasteiger partial charge in [0, 0.05) is 29.9 Å². The molecule has 0 unspecified atom stereocenters. The number of hydrogen-bond donors (Lipinski definition) is 1. The second kappa shape index (κ2) is 9.70. The first-order valence-electron chi connectivity index (χ1n) is 8.93. The molecule has 0 bridgehead atoms. The van der Waals surface area contributed by atoms with Gasteiger partial charge in [0.1, 0.15) is 5.75 Å². The summed E-state index contributed by atoms with van der Waals surface area (Å²) < 4.78 is 5.41. The molecule has 2 rings (SSSR count). The van der Waals surface area contributed by atoms with Gasteiger partial charge in [-0.3, -0.25) is 9.59 Å². The van der Waals surface area contributed by atoms with Crippen molar-refractivity contribution in [2.75, 3.05) is 25.4 Å². The quantitative estimate of drug-likeness (QED) is 0.756. The Balaban J connectivity index is 1.70. The van der Waals surface area contributed by atoms with Crippen LogP contribution in [0.3, 0.4) is 0 Å². The van der Waals surface area contributed by atoms with E-state index in [-0.39, 0.29) is 23.8 Å². The number of hydrogen-bond acceptors (Lipinski definition) is 4. The number of thioether (sulfide) groups is 1. The first-order chi connectivity index (χ1) is 12.0. The van der Waals surface area contributed by atoms with Gasteiger partial charge in [-0.1, -0.05) is 13.8 Å². The number of likely N-dealkylation sites (tertiary alicyclic amines) is 1. The van der Waals surface area contributed by atoms with Gasteiger partial charge in [-0.2, -0.15) is 0 Å². The summed E-state index contributed by atoms with van der Waals surface area (Å²) in [4.78, 5) is 27.1. The molecule has 1 aromatic rings. The first kappa shape index (κ1) is 19.6. The molecule has 138 valence electrons. The van der Waals surface area contributed by atoms with Gasteiger partial charge in [-0.15, -0.1) is 11.8 Å². The molecule has 1 fully saturated rings. The van der Waals surface area contributed by atoms with Gasteiger partial charge in [-0.25, -0.2) is 0 Å². The van der Waals surface area contributed by atoms with Crippen molar-refractivity contribution >= 4 is 23.6 Å². The molecule has 0 radical (unpaired) electrons. The Hall–Kier alpha value is -1.69. The molecule has 1 saturated heterocycles. The van der Waals surface area contributed by atoms with Crippen molar-refractivity contribution in [1.29, 1.82) is 0 Å². The predicted octanol–water partition coefficient (Wildman–Crippen LogP) is 2.94. The summed E-state index contributed by atoms with van der Waals surface area (Å²) in [7, 11) is 0. The maximum Gasteiger partial charge on any atom is 0.230 e. The van der Waals surface area contributed by atoms with Crippen LogP contribution in [0.4, 0.5) is 0 Å². The van der Waals surface area contributed by atoms with E-state index in [0.29, 0.717) is 12.4 Å². The number of carbonyl (C=O) groups is 2. The van der Waals surface area contributed by atoms with Crippen LogP contribution in [0.15, 0.2) is 29.2 Å². The van der Waals surface area contributed by atoms with E-state index >= 15 is 0 Å². The second-order valence-corrected chi connectivity index (χ2v) is 7.56. The van der Waals surface area contributed by atoms with Gasteiger partial charge in [-0.05, 0) is 44.0 Å². The van der Waals surface area contributed by atoms with Crippen LogP contribution in [0.5, 0.6) is 5.75 Å². The molecule has 1 N–H and O–H groups in total. The smallest absolute Gasteiger partial charge is 0.230 e. The highest BCUT2D eigenvalue weighted by atomic mass is 32.2. The van der Waals surface area contributed by atoms with Gasteiger partial charge < -0.3 is 15.0 Å². The third-order valence-electron chi connectivity index (χ3n) is 4.17. The highest BCUT2D eigenvalue weighted by molar-refractivity contribution is 8.00. The molecule has 25 heavy (non-hydrogen) atoms. The van der Waals surface area contributed by atoms with Crippen molar-refractivity contribution in [2.24, 2.45) is 5.92 Å². The molecule has 2 amide bonds. The van der Waals surface area contributed by atoms with Crippen LogP contribution < -0.4 is 10.1 Å². The molecular weight excluding hydrogens is 336 g/mol. The van der Waals surface area contributed by atoms with E-state index < -0.39 is 0 Å². The van der Waals surface area contributed by atoms with E-state index in [1.807, 2.05) is 49.9 Å². The van der Waals surface area contributed by atoms with Gasteiger partial charge in [0.2, 0.25) is 11.8 Å². The minimum Gasteiger partial charge on any atom is -0.494 e. The number of nitrogens with zero attached hydrogens (tertiary/aromatic N) is 1. The van der Waals surface area contributed by atoms with Crippen molar-refractivity contribution in [1.82, 2.24) is 10.2 Å². The molecule has 6 heteroatoms. The highest BCUT2D eigenvalue weighted by Crippen LogP contribution is 2.21. The van der Waals surface area contributed by atoms with E-state index in [0.717, 1.165) is 36.6 Å². The first-order valence-corrected chi connectivity index (χ1v) is 9.92. The van der Waals surface area contributed by atoms with Crippen LogP contribution in [0.25, 0.3) is 0 Å². The van der Waals surface area contributed by atoms with Gasteiger partial charge >= 0.3 is 0 Å². The topological polar surface area (TPSA) is 58.6 Å². The number of ether oxygens (including phenoxy) is 1. The number of piperidine rings is 1. The summed E-state index contributed by atoms with van der Waals surface area (Å²) in [6.45, 7) is 7.91. The van der Waals surface area contributed by atoms with Gasteiger partial charge in [0.25, 0.3) is 0 Å². The average Bonchev–Trinajstić information content (AvgIpc) is 2.61. The average molecular weight is 365 g/mol. The largest absolute Gasteiger partial charge is 0.494 e. The summed E-state index contributed by atoms with van der Waals surface area (Å²) in [5, 5.41) is 3.09. The number of nitrogens with one attached hydrogen (secondary N) is 1. The Kier molecular flexibility index (Phi) is 7.62. The van der Waals surface area contributed by atoms with Crippen LogP contribution in [0, 0.1) is 5.92 Å². The lowest BCUT2D eigenvalue weighted by Gasteiger charge is -2.33. The maximum atomic E-state index is 12.1. The van der Waals surface area contributed by atoms with Crippen LogP contribution in [0.1, 0.15) is 33.6 Å². The minimum atomic E-state index is 0.0386. The fourth-order valence-electron chi connectivity index (χ4n) is 2.83. The zero-order valence-corrected chi connectivity index (χ0v) is 16.1. The molecule has 0 atom stereocenters. The maximum absolute atomic E-state index is 12.1. The summed E-state index contributed by atoms with van der Waals surface area (Å²) in [6.07, 6.45) is 1.66. The Bertz CT molecular complexity index is 567. The zero-order chi connectivity index (χ0) is 18.2. The van der Waals surface area contributed by atoms with Crippen LogP contribution in [0.2, 0.25) is 0 Å². The molecule has 0 aromatic heterocycles. The van der Waals surface area contributed by atoms with E-state index in [4.69, 9.17) is 4.74 Å². The van der Waals surface area contributed by atoms with Crippen LogP contribution >= 0.6 is 11.8 Å². The SMILES string of the molecule is CCOc1ccc(SCC(=O)NC2CCN(C(=O)C(C)C)CC2)cc1. The van der Waals surface area contributed by atoms with E-state index in [9.17, 15) is 9.59 Å². The van der Waals surface area contributed by atoms with Crippen LogP contribution in [-0.4, -0.2) is 48.2 Å². The lowest BCUT2D eigenvalue weighted by molar-refractivity contribution is -0.135. The third kappa shape index (κ3) is 6.27. The van der Waals surface area contributed by atoms with Gasteiger partial charge in [0.15, 0.2) is 0 Å². The van der Waals surface area contributed by atoms with Crippen LogP contribution in [-0.2, 0) is 9.59 Å². The van der Waals surface area contributed by atoms with E-state index in [1.54, 1.807) is 0 Å². The lowest BCUT2D eigenvalue weighted by Crippen LogP contribution is -2.47. The molecule has 1 aliphatic rings. The zero-order valence-electron chi connectivity index (χ0n) is 15.3. The molecule has 5 nitrogen and oxygen atoms in total. The van der Waals surface area contributed by atoms with Crippen molar-refractivity contribution in [3.05, 3.63) is 24.3 Å². The molecule has 0 spiro atoms. The number of amides is 2. The minimum absolute atomic E-state index is 0.0386. The summed E-state index contributed by atoms with van der Waals surface area (Å²) in [6, 6.07) is 7.96. The normalized spacial score (nSPS) is 15.3. The molecular formula is C19H28N2O3S. The third-order valence-corrected chi connectivity index (χ3v) is 5.18. The number of carbonyl (C=O) groups excluding carboxylic acids is 2. The molecule has 0 saturated carbocycles. The van der Waals surface area contributed by atoms with Crippen molar-refractivity contribution in [2.45, 2.75) is 44.6 Å². The molecule has 1 aliphatic heterocycles. The monoisotopic (exact) mass is 364 g/mol. The Morgan fingerprint density at radius 1 is 1.24 bits per heavy atom. The highest BCUT2D eigenvalue weighted by Gasteiger charge is 2.24. The molecule has 1 heterocycles. The lowest BCUT2D eigenvalue weighted by atomic mass is 10.0. The summed E-state index contributed by atoms with van der Waals surface area (Å²) in [5.41, 5.74) is 0. The molecule has 1 aromatic carbocycles. The van der Waals surface area contributed by atoms with E-state index in [1.165, 1.54) is 11.8 Å². The Morgan fingerprint density at radius 3 is 2.44 bits per heavy atom. The summed E-state index contributed by atoms with van der Waals surface area (Å²) >= 11 is 1.52. The van der Waals surface area contributed by atoms with Crippen molar-refractivity contribution in [3.63, 3.8) is 0 Å². The van der Waals surface area contributed by atoms with Gasteiger partial charge in [0.05, 0.1) is 12.4 Å². The fraction of sp³-hybridized carbons (Fsp3) is 0.579. The number of rotatable bonds is 7. The Morgan fingerprint density at radius 2 is 1.88 bits per heavy atom. The number of benzene rings is 1.